The Morgan fingerprint density at radius 1 is 0.967 bits per heavy atom. The first-order valence-electron chi connectivity index (χ1n) is 10.1. The van der Waals surface area contributed by atoms with Crippen LogP contribution in [0.3, 0.4) is 0 Å². The van der Waals surface area contributed by atoms with Gasteiger partial charge in [0.05, 0.1) is 6.04 Å². The molecule has 0 saturated heterocycles. The highest BCUT2D eigenvalue weighted by Crippen LogP contribution is 2.41. The van der Waals surface area contributed by atoms with Crippen LogP contribution < -0.4 is 10.4 Å². The maximum atomic E-state index is 12.3. The lowest BCUT2D eigenvalue weighted by molar-refractivity contribution is 0.326. The number of aromatic hydroxyl groups is 1. The van der Waals surface area contributed by atoms with Crippen LogP contribution in [-0.4, -0.2) is 19.3 Å². The number of aromatic nitrogens is 3. The van der Waals surface area contributed by atoms with Crippen molar-refractivity contribution in [3.8, 4) is 17.3 Å². The van der Waals surface area contributed by atoms with E-state index in [9.17, 15) is 9.90 Å². The number of fused-ring (bicyclic) bond motifs is 3. The summed E-state index contributed by atoms with van der Waals surface area (Å²) in [5.74, 6) is 0.303. The zero-order valence-corrected chi connectivity index (χ0v) is 16.6. The van der Waals surface area contributed by atoms with Gasteiger partial charge in [-0.15, -0.1) is 0 Å². The lowest BCUT2D eigenvalue weighted by Gasteiger charge is -2.45. The van der Waals surface area contributed by atoms with E-state index in [1.807, 2.05) is 51.8 Å². The Balaban J connectivity index is 1.82. The summed E-state index contributed by atoms with van der Waals surface area (Å²) in [7, 11) is 0. The van der Waals surface area contributed by atoms with Gasteiger partial charge < -0.3 is 9.67 Å². The molecule has 1 aliphatic heterocycles. The normalized spacial score (nSPS) is 15.1. The van der Waals surface area contributed by atoms with Gasteiger partial charge in [-0.2, -0.15) is 0 Å². The summed E-state index contributed by atoms with van der Waals surface area (Å²) in [6.07, 6.45) is 6.11. The van der Waals surface area contributed by atoms with Gasteiger partial charge >= 0.3 is 0 Å². The monoisotopic (exact) mass is 398 g/mol. The van der Waals surface area contributed by atoms with E-state index in [-0.39, 0.29) is 18.0 Å². The van der Waals surface area contributed by atoms with Crippen molar-refractivity contribution in [2.75, 3.05) is 5.01 Å². The average molecular weight is 398 g/mol. The molecule has 0 saturated carbocycles. The molecular weight excluding hydrogens is 376 g/mol. The van der Waals surface area contributed by atoms with E-state index < -0.39 is 5.43 Å². The summed E-state index contributed by atoms with van der Waals surface area (Å²) in [5.41, 5.74) is 2.24. The number of hydrogen-bond donors (Lipinski definition) is 1. The average Bonchev–Trinajstić information content (AvgIpc) is 3.27. The molecule has 2 aromatic heterocycles. The summed E-state index contributed by atoms with van der Waals surface area (Å²) in [6, 6.07) is 21.8. The fourth-order valence-electron chi connectivity index (χ4n) is 4.37. The van der Waals surface area contributed by atoms with Gasteiger partial charge in [0.2, 0.25) is 5.43 Å². The summed E-state index contributed by atoms with van der Waals surface area (Å²) in [4.78, 5) is 16.7. The standard InChI is InChI=1S/C24H22N4O2/c1-2-20-26-16-14-25-24(26)22-23(30)19(29)13-15-27(22)28(20)21(17-9-5-3-6-10-17)18-11-7-4-8-12-18/h3-16,20-21,30H,2H2,1H3. The molecule has 0 spiro atoms. The van der Waals surface area contributed by atoms with Gasteiger partial charge in [0.25, 0.3) is 0 Å². The van der Waals surface area contributed by atoms with Crippen LogP contribution in [-0.2, 0) is 0 Å². The van der Waals surface area contributed by atoms with Gasteiger partial charge in [-0.1, -0.05) is 67.6 Å². The number of pyridine rings is 1. The summed E-state index contributed by atoms with van der Waals surface area (Å²) in [5, 5.41) is 12.9. The Kier molecular flexibility index (Phi) is 4.39. The van der Waals surface area contributed by atoms with Crippen molar-refractivity contribution in [1.29, 1.82) is 0 Å². The van der Waals surface area contributed by atoms with E-state index in [1.54, 1.807) is 12.4 Å². The zero-order valence-electron chi connectivity index (χ0n) is 16.6. The highest BCUT2D eigenvalue weighted by Gasteiger charge is 2.37. The first-order valence-corrected chi connectivity index (χ1v) is 10.1. The van der Waals surface area contributed by atoms with Crippen molar-refractivity contribution >= 4 is 0 Å². The minimum absolute atomic E-state index is 0.0534. The van der Waals surface area contributed by atoms with Gasteiger partial charge in [0.15, 0.2) is 17.3 Å². The lowest BCUT2D eigenvalue weighted by atomic mass is 9.97. The predicted molar refractivity (Wildman–Crippen MR) is 116 cm³/mol. The molecule has 1 aliphatic rings. The molecule has 0 amide bonds. The second-order valence-electron chi connectivity index (χ2n) is 7.37. The largest absolute Gasteiger partial charge is 0.503 e. The van der Waals surface area contributed by atoms with Crippen LogP contribution in [0.1, 0.15) is 36.7 Å². The van der Waals surface area contributed by atoms with Crippen molar-refractivity contribution in [2.45, 2.75) is 25.6 Å². The highest BCUT2D eigenvalue weighted by atomic mass is 16.3. The molecule has 0 bridgehead atoms. The van der Waals surface area contributed by atoms with Crippen LogP contribution >= 0.6 is 0 Å². The SMILES string of the molecule is CCC1N(C(c2ccccc2)c2ccccc2)n2ccc(=O)c(O)c2-c2nccn21. The van der Waals surface area contributed by atoms with Crippen molar-refractivity contribution in [2.24, 2.45) is 0 Å². The Morgan fingerprint density at radius 2 is 1.60 bits per heavy atom. The van der Waals surface area contributed by atoms with Crippen molar-refractivity contribution in [3.63, 3.8) is 0 Å². The quantitative estimate of drug-likeness (QED) is 0.563. The Bertz CT molecular complexity index is 1190. The molecule has 30 heavy (non-hydrogen) atoms. The van der Waals surface area contributed by atoms with Crippen LogP contribution in [0, 0.1) is 0 Å². The third-order valence-corrected chi connectivity index (χ3v) is 5.67. The topological polar surface area (TPSA) is 63.3 Å². The predicted octanol–water partition coefficient (Wildman–Crippen LogP) is 4.07. The maximum absolute atomic E-state index is 12.3. The maximum Gasteiger partial charge on any atom is 0.224 e. The van der Waals surface area contributed by atoms with E-state index in [4.69, 9.17) is 0 Å². The van der Waals surface area contributed by atoms with E-state index in [2.05, 4.69) is 41.2 Å². The summed E-state index contributed by atoms with van der Waals surface area (Å²) < 4.78 is 3.92. The Morgan fingerprint density at radius 3 is 2.20 bits per heavy atom. The first-order chi connectivity index (χ1) is 14.7. The van der Waals surface area contributed by atoms with Gasteiger partial charge in [0, 0.05) is 24.7 Å². The van der Waals surface area contributed by atoms with Gasteiger partial charge in [-0.05, 0) is 17.5 Å². The van der Waals surface area contributed by atoms with E-state index >= 15 is 0 Å². The molecule has 1 atom stereocenters. The second-order valence-corrected chi connectivity index (χ2v) is 7.37. The van der Waals surface area contributed by atoms with E-state index in [0.29, 0.717) is 11.5 Å². The fraction of sp³-hybridized carbons (Fsp3) is 0.167. The molecule has 0 radical (unpaired) electrons. The summed E-state index contributed by atoms with van der Waals surface area (Å²) >= 11 is 0. The van der Waals surface area contributed by atoms with Crippen molar-refractivity contribution < 1.29 is 5.11 Å². The zero-order chi connectivity index (χ0) is 20.7. The van der Waals surface area contributed by atoms with Gasteiger partial charge in [0.1, 0.15) is 6.17 Å². The van der Waals surface area contributed by atoms with Crippen LogP contribution in [0.4, 0.5) is 0 Å². The number of rotatable bonds is 4. The molecule has 4 aromatic rings. The molecular formula is C24H22N4O2. The molecule has 6 heteroatoms. The summed E-state index contributed by atoms with van der Waals surface area (Å²) in [6.45, 7) is 2.13. The minimum atomic E-state index is -0.415. The smallest absolute Gasteiger partial charge is 0.224 e. The highest BCUT2D eigenvalue weighted by molar-refractivity contribution is 5.62. The van der Waals surface area contributed by atoms with Gasteiger partial charge in [-0.3, -0.25) is 14.5 Å². The fourth-order valence-corrected chi connectivity index (χ4v) is 4.37. The Hall–Kier alpha value is -3.80. The van der Waals surface area contributed by atoms with Crippen LogP contribution in [0.15, 0.2) is 90.1 Å². The number of hydrogen-bond acceptors (Lipinski definition) is 4. The molecule has 1 N–H and O–H groups in total. The molecule has 2 aromatic carbocycles. The van der Waals surface area contributed by atoms with Crippen molar-refractivity contribution in [3.05, 3.63) is 107 Å². The number of benzene rings is 2. The van der Waals surface area contributed by atoms with Crippen LogP contribution in [0.2, 0.25) is 0 Å². The molecule has 0 aliphatic carbocycles. The molecule has 3 heterocycles. The minimum Gasteiger partial charge on any atom is -0.503 e. The molecule has 0 fully saturated rings. The first kappa shape index (κ1) is 18.2. The van der Waals surface area contributed by atoms with E-state index in [1.165, 1.54) is 6.07 Å². The molecule has 5 rings (SSSR count). The third kappa shape index (κ3) is 2.72. The van der Waals surface area contributed by atoms with Crippen molar-refractivity contribution in [1.82, 2.24) is 14.2 Å². The number of imidazole rings is 1. The lowest BCUT2D eigenvalue weighted by Crippen LogP contribution is -2.48. The number of nitrogens with zero attached hydrogens (tertiary/aromatic N) is 4. The van der Waals surface area contributed by atoms with Crippen LogP contribution in [0.5, 0.6) is 5.75 Å². The molecule has 6 nitrogen and oxygen atoms in total. The molecule has 1 unspecified atom stereocenters. The second kappa shape index (κ2) is 7.22. The third-order valence-electron chi connectivity index (χ3n) is 5.67. The van der Waals surface area contributed by atoms with E-state index in [0.717, 1.165) is 17.5 Å². The molecule has 150 valence electrons. The van der Waals surface area contributed by atoms with Crippen LogP contribution in [0.25, 0.3) is 11.5 Å². The Labute approximate surface area is 174 Å². The van der Waals surface area contributed by atoms with Gasteiger partial charge in [-0.25, -0.2) is 4.98 Å².